The summed E-state index contributed by atoms with van der Waals surface area (Å²) in [5.74, 6) is -2.33. The third-order valence-corrected chi connectivity index (χ3v) is 4.36. The standard InChI is InChI=1S/C11H7FN2O4S2/c1-5-4-19-11(13-5)20-9-2-6(10(15)16)8(14(17)18)3-7(9)12/h2-4H,1H3,(H,15,16). The molecule has 1 N–H and O–H groups in total. The van der Waals surface area contributed by atoms with Crippen molar-refractivity contribution in [2.75, 3.05) is 0 Å². The maximum absolute atomic E-state index is 13.8. The van der Waals surface area contributed by atoms with E-state index in [1.165, 1.54) is 11.3 Å². The van der Waals surface area contributed by atoms with Crippen molar-refractivity contribution in [3.8, 4) is 0 Å². The van der Waals surface area contributed by atoms with Crippen LogP contribution in [0.2, 0.25) is 0 Å². The number of benzene rings is 1. The van der Waals surface area contributed by atoms with Gasteiger partial charge in [-0.05, 0) is 13.0 Å². The predicted molar refractivity (Wildman–Crippen MR) is 71.0 cm³/mol. The van der Waals surface area contributed by atoms with Crippen molar-refractivity contribution in [2.24, 2.45) is 0 Å². The lowest BCUT2D eigenvalue weighted by Crippen LogP contribution is -2.04. The van der Waals surface area contributed by atoms with E-state index in [-0.39, 0.29) is 4.90 Å². The van der Waals surface area contributed by atoms with Crippen LogP contribution in [0.3, 0.4) is 0 Å². The molecule has 6 nitrogen and oxygen atoms in total. The van der Waals surface area contributed by atoms with Gasteiger partial charge in [-0.1, -0.05) is 11.8 Å². The van der Waals surface area contributed by atoms with Crippen LogP contribution in [0.5, 0.6) is 0 Å². The Morgan fingerprint density at radius 3 is 2.75 bits per heavy atom. The zero-order valence-corrected chi connectivity index (χ0v) is 11.6. The van der Waals surface area contributed by atoms with Gasteiger partial charge in [0.2, 0.25) is 0 Å². The summed E-state index contributed by atoms with van der Waals surface area (Å²) in [6.45, 7) is 1.77. The normalized spacial score (nSPS) is 10.5. The molecule has 1 aromatic heterocycles. The van der Waals surface area contributed by atoms with Gasteiger partial charge < -0.3 is 5.11 Å². The van der Waals surface area contributed by atoms with Crippen molar-refractivity contribution in [1.82, 2.24) is 4.98 Å². The Labute approximate surface area is 120 Å². The van der Waals surface area contributed by atoms with E-state index in [0.717, 1.165) is 23.5 Å². The van der Waals surface area contributed by atoms with Gasteiger partial charge in [0.1, 0.15) is 11.4 Å². The molecule has 0 aliphatic rings. The first kappa shape index (κ1) is 14.4. The molecule has 104 valence electrons. The molecule has 0 radical (unpaired) electrons. The van der Waals surface area contributed by atoms with Gasteiger partial charge in [-0.3, -0.25) is 10.1 Å². The van der Waals surface area contributed by atoms with E-state index in [2.05, 4.69) is 4.98 Å². The summed E-state index contributed by atoms with van der Waals surface area (Å²) in [5, 5.41) is 21.4. The van der Waals surface area contributed by atoms with E-state index in [1.54, 1.807) is 12.3 Å². The second-order valence-corrected chi connectivity index (χ2v) is 5.87. The summed E-state index contributed by atoms with van der Waals surface area (Å²) in [7, 11) is 0. The number of thiazole rings is 1. The lowest BCUT2D eigenvalue weighted by atomic mass is 10.2. The molecule has 2 aromatic rings. The zero-order valence-electron chi connectivity index (χ0n) is 9.99. The van der Waals surface area contributed by atoms with Crippen molar-refractivity contribution in [2.45, 2.75) is 16.2 Å². The Bertz CT molecular complexity index is 702. The summed E-state index contributed by atoms with van der Waals surface area (Å²) >= 11 is 2.22. The van der Waals surface area contributed by atoms with Crippen molar-refractivity contribution in [1.29, 1.82) is 0 Å². The molecule has 0 aliphatic heterocycles. The van der Waals surface area contributed by atoms with Crippen LogP contribution >= 0.6 is 23.1 Å². The minimum absolute atomic E-state index is 0.0117. The Morgan fingerprint density at radius 1 is 1.55 bits per heavy atom. The van der Waals surface area contributed by atoms with Gasteiger partial charge in [-0.25, -0.2) is 14.2 Å². The van der Waals surface area contributed by atoms with Gasteiger partial charge in [-0.2, -0.15) is 0 Å². The lowest BCUT2D eigenvalue weighted by molar-refractivity contribution is -0.385. The molecule has 1 aromatic carbocycles. The number of halogens is 1. The van der Waals surface area contributed by atoms with E-state index < -0.39 is 28.0 Å². The first-order valence-electron chi connectivity index (χ1n) is 5.19. The van der Waals surface area contributed by atoms with Crippen molar-refractivity contribution in [3.63, 3.8) is 0 Å². The van der Waals surface area contributed by atoms with Crippen LogP contribution in [0.4, 0.5) is 10.1 Å². The number of hydrogen-bond acceptors (Lipinski definition) is 6. The summed E-state index contributed by atoms with van der Waals surface area (Å²) in [6, 6.07) is 1.57. The van der Waals surface area contributed by atoms with Crippen molar-refractivity contribution in [3.05, 3.63) is 44.7 Å². The number of carboxylic acid groups (broad SMARTS) is 1. The fourth-order valence-corrected chi connectivity index (χ4v) is 3.25. The largest absolute Gasteiger partial charge is 0.477 e. The van der Waals surface area contributed by atoms with Crippen LogP contribution in [0.15, 0.2) is 26.7 Å². The van der Waals surface area contributed by atoms with E-state index in [9.17, 15) is 19.3 Å². The number of aryl methyl sites for hydroxylation is 1. The number of aromatic carboxylic acids is 1. The topological polar surface area (TPSA) is 93.3 Å². The smallest absolute Gasteiger partial charge is 0.342 e. The van der Waals surface area contributed by atoms with Crippen molar-refractivity contribution < 1.29 is 19.2 Å². The molecule has 2 rings (SSSR count). The Kier molecular flexibility index (Phi) is 4.00. The highest BCUT2D eigenvalue weighted by Crippen LogP contribution is 2.35. The molecule has 0 saturated heterocycles. The van der Waals surface area contributed by atoms with E-state index in [1.807, 2.05) is 0 Å². The van der Waals surface area contributed by atoms with Gasteiger partial charge in [0, 0.05) is 11.1 Å². The van der Waals surface area contributed by atoms with Gasteiger partial charge >= 0.3 is 5.97 Å². The highest BCUT2D eigenvalue weighted by molar-refractivity contribution is 8.01. The quantitative estimate of drug-likeness (QED) is 0.687. The summed E-state index contributed by atoms with van der Waals surface area (Å²) in [5.41, 5.74) is -0.555. The molecular weight excluding hydrogens is 307 g/mol. The number of nitrogens with zero attached hydrogens (tertiary/aromatic N) is 2. The van der Waals surface area contributed by atoms with E-state index >= 15 is 0 Å². The maximum atomic E-state index is 13.8. The second-order valence-electron chi connectivity index (χ2n) is 3.72. The van der Waals surface area contributed by atoms with Crippen LogP contribution < -0.4 is 0 Å². The minimum atomic E-state index is -1.48. The molecular formula is C11H7FN2O4S2. The maximum Gasteiger partial charge on any atom is 0.342 e. The first-order valence-corrected chi connectivity index (χ1v) is 6.89. The Balaban J connectivity index is 2.46. The van der Waals surface area contributed by atoms with Crippen LogP contribution in [0.25, 0.3) is 0 Å². The van der Waals surface area contributed by atoms with Crippen molar-refractivity contribution >= 4 is 34.8 Å². The molecule has 20 heavy (non-hydrogen) atoms. The molecule has 0 spiro atoms. The van der Waals surface area contributed by atoms with Gasteiger partial charge in [-0.15, -0.1) is 11.3 Å². The molecule has 0 aliphatic carbocycles. The number of carboxylic acids is 1. The molecule has 0 fully saturated rings. The summed E-state index contributed by atoms with van der Waals surface area (Å²) in [6.07, 6.45) is 0. The first-order chi connectivity index (χ1) is 9.38. The molecule has 1 heterocycles. The van der Waals surface area contributed by atoms with Gasteiger partial charge in [0.05, 0.1) is 15.9 Å². The highest BCUT2D eigenvalue weighted by Gasteiger charge is 2.24. The second kappa shape index (κ2) is 5.55. The number of nitro benzene ring substituents is 1. The number of hydrogen-bond donors (Lipinski definition) is 1. The lowest BCUT2D eigenvalue weighted by Gasteiger charge is -2.03. The minimum Gasteiger partial charge on any atom is -0.477 e. The number of nitro groups is 1. The van der Waals surface area contributed by atoms with E-state index in [0.29, 0.717) is 10.4 Å². The average Bonchev–Trinajstić information content (AvgIpc) is 2.76. The summed E-state index contributed by atoms with van der Waals surface area (Å²) in [4.78, 5) is 24.9. The third kappa shape index (κ3) is 2.94. The van der Waals surface area contributed by atoms with E-state index in [4.69, 9.17) is 5.11 Å². The monoisotopic (exact) mass is 314 g/mol. The summed E-state index contributed by atoms with van der Waals surface area (Å²) < 4.78 is 14.3. The molecule has 0 bridgehead atoms. The fourth-order valence-electron chi connectivity index (χ4n) is 1.42. The highest BCUT2D eigenvalue weighted by atomic mass is 32.2. The number of aromatic nitrogens is 1. The van der Waals surface area contributed by atoms with Crippen LogP contribution in [-0.4, -0.2) is 21.0 Å². The van der Waals surface area contributed by atoms with Crippen LogP contribution in [-0.2, 0) is 0 Å². The SMILES string of the molecule is Cc1csc(Sc2cc(C(=O)O)c([N+](=O)[O-])cc2F)n1. The predicted octanol–water partition coefficient (Wildman–Crippen LogP) is 3.35. The van der Waals surface area contributed by atoms with Gasteiger partial charge in [0.25, 0.3) is 5.69 Å². The number of rotatable bonds is 4. The molecule has 0 saturated carbocycles. The fraction of sp³-hybridized carbons (Fsp3) is 0.0909. The van der Waals surface area contributed by atoms with Gasteiger partial charge in [0.15, 0.2) is 4.34 Å². The molecule has 9 heteroatoms. The van der Waals surface area contributed by atoms with Crippen LogP contribution in [0.1, 0.15) is 16.1 Å². The Hall–Kier alpha value is -2.00. The zero-order chi connectivity index (χ0) is 14.9. The average molecular weight is 314 g/mol. The number of carbonyl (C=O) groups is 1. The van der Waals surface area contributed by atoms with Crippen LogP contribution in [0, 0.1) is 22.9 Å². The molecule has 0 atom stereocenters. The molecule has 0 unspecified atom stereocenters. The Morgan fingerprint density at radius 2 is 2.25 bits per heavy atom. The molecule has 0 amide bonds. The third-order valence-electron chi connectivity index (χ3n) is 2.27.